The first-order valence-corrected chi connectivity index (χ1v) is 12.3. The molecule has 0 unspecified atom stereocenters. The Balaban J connectivity index is 1.47. The number of hydrogen-bond donors (Lipinski definition) is 2. The number of hydrogen-bond acceptors (Lipinski definition) is 8. The van der Waals surface area contributed by atoms with Crippen molar-refractivity contribution in [3.63, 3.8) is 0 Å². The predicted molar refractivity (Wildman–Crippen MR) is 138 cm³/mol. The van der Waals surface area contributed by atoms with Gasteiger partial charge in [0.15, 0.2) is 17.3 Å². The average molecular weight is 551 g/mol. The SMILES string of the molecule is COc1cc2c(N)nc(N3CCN(C(=O)C[C@@H](NC(CF)CF)c4ccc(F)cc4)CC3)nc2c(F)c1OC. The lowest BCUT2D eigenvalue weighted by Gasteiger charge is -2.36. The smallest absolute Gasteiger partial charge is 0.228 e. The zero-order chi connectivity index (χ0) is 28.1. The summed E-state index contributed by atoms with van der Waals surface area (Å²) in [5.74, 6) is -1.09. The Morgan fingerprint density at radius 2 is 1.72 bits per heavy atom. The normalized spacial score (nSPS) is 14.6. The highest BCUT2D eigenvalue weighted by Gasteiger charge is 2.28. The second-order valence-corrected chi connectivity index (χ2v) is 9.08. The van der Waals surface area contributed by atoms with E-state index < -0.39 is 37.1 Å². The van der Waals surface area contributed by atoms with Gasteiger partial charge in [-0.15, -0.1) is 0 Å². The average Bonchev–Trinajstić information content (AvgIpc) is 2.95. The van der Waals surface area contributed by atoms with Crippen LogP contribution < -0.4 is 25.4 Å². The minimum absolute atomic E-state index is 0.0165. The van der Waals surface area contributed by atoms with Crippen molar-refractivity contribution in [3.8, 4) is 11.5 Å². The number of carbonyl (C=O) groups is 1. The van der Waals surface area contributed by atoms with E-state index in [4.69, 9.17) is 15.2 Å². The molecule has 0 bridgehead atoms. The summed E-state index contributed by atoms with van der Waals surface area (Å²) in [6.45, 7) is -0.597. The van der Waals surface area contributed by atoms with E-state index in [9.17, 15) is 18.0 Å². The van der Waals surface area contributed by atoms with Crippen LogP contribution in [-0.4, -0.2) is 80.6 Å². The summed E-state index contributed by atoms with van der Waals surface area (Å²) < 4.78 is 65.3. The Hall–Kier alpha value is -3.87. The van der Waals surface area contributed by atoms with Crippen LogP contribution in [0.3, 0.4) is 0 Å². The lowest BCUT2D eigenvalue weighted by atomic mass is 10.0. The third kappa shape index (κ3) is 6.08. The molecule has 1 fully saturated rings. The van der Waals surface area contributed by atoms with Crippen LogP contribution in [0.5, 0.6) is 11.5 Å². The minimum atomic E-state index is -1.08. The molecule has 1 aliphatic heterocycles. The first kappa shape index (κ1) is 28.1. The molecule has 9 nitrogen and oxygen atoms in total. The number of alkyl halides is 2. The Bertz CT molecular complexity index is 1300. The first-order chi connectivity index (χ1) is 18.8. The van der Waals surface area contributed by atoms with Crippen LogP contribution in [0.15, 0.2) is 30.3 Å². The molecule has 0 aliphatic carbocycles. The molecule has 1 aromatic heterocycles. The number of nitrogen functional groups attached to an aromatic ring is 1. The third-order valence-electron chi connectivity index (χ3n) is 6.67. The molecule has 3 N–H and O–H groups in total. The molecule has 1 amide bonds. The van der Waals surface area contributed by atoms with Crippen molar-refractivity contribution >= 4 is 28.6 Å². The maximum atomic E-state index is 15.1. The fraction of sp³-hybridized carbons (Fsp3) is 0.423. The number of nitrogens with zero attached hydrogens (tertiary/aromatic N) is 4. The van der Waals surface area contributed by atoms with Gasteiger partial charge in [-0.05, 0) is 23.8 Å². The van der Waals surface area contributed by atoms with Crippen molar-refractivity contribution in [3.05, 3.63) is 47.5 Å². The lowest BCUT2D eigenvalue weighted by Crippen LogP contribution is -2.50. The van der Waals surface area contributed by atoms with Gasteiger partial charge in [0.1, 0.15) is 30.5 Å². The first-order valence-electron chi connectivity index (χ1n) is 12.3. The number of anilines is 2. The maximum Gasteiger partial charge on any atom is 0.228 e. The molecule has 1 saturated heterocycles. The van der Waals surface area contributed by atoms with Gasteiger partial charge < -0.3 is 30.3 Å². The number of halogens is 4. The van der Waals surface area contributed by atoms with E-state index in [-0.39, 0.29) is 46.5 Å². The highest BCUT2D eigenvalue weighted by atomic mass is 19.1. The van der Waals surface area contributed by atoms with Gasteiger partial charge in [0.25, 0.3) is 0 Å². The molecule has 39 heavy (non-hydrogen) atoms. The number of ether oxygens (including phenoxy) is 2. The molecule has 2 heterocycles. The van der Waals surface area contributed by atoms with Gasteiger partial charge >= 0.3 is 0 Å². The number of carbonyl (C=O) groups excluding carboxylic acids is 1. The molecule has 0 saturated carbocycles. The summed E-state index contributed by atoms with van der Waals surface area (Å²) in [6.07, 6.45) is -0.0750. The summed E-state index contributed by atoms with van der Waals surface area (Å²) in [7, 11) is 2.70. The molecule has 4 rings (SSSR count). The van der Waals surface area contributed by atoms with Gasteiger partial charge in [-0.3, -0.25) is 4.79 Å². The zero-order valence-electron chi connectivity index (χ0n) is 21.6. The molecule has 210 valence electrons. The number of methoxy groups -OCH3 is 2. The Labute approximate surface area is 222 Å². The van der Waals surface area contributed by atoms with Crippen molar-refractivity contribution < 1.29 is 31.8 Å². The quantitative estimate of drug-likeness (QED) is 0.371. The minimum Gasteiger partial charge on any atom is -0.493 e. The Morgan fingerprint density at radius 1 is 1.05 bits per heavy atom. The summed E-state index contributed by atoms with van der Waals surface area (Å²) in [5.41, 5.74) is 6.65. The van der Waals surface area contributed by atoms with Crippen LogP contribution in [-0.2, 0) is 4.79 Å². The van der Waals surface area contributed by atoms with E-state index in [2.05, 4.69) is 15.3 Å². The fourth-order valence-electron chi connectivity index (χ4n) is 4.52. The number of piperazine rings is 1. The predicted octanol–water partition coefficient (Wildman–Crippen LogP) is 3.18. The van der Waals surface area contributed by atoms with Gasteiger partial charge in [0.2, 0.25) is 11.9 Å². The van der Waals surface area contributed by atoms with Crippen LogP contribution >= 0.6 is 0 Å². The largest absolute Gasteiger partial charge is 0.493 e. The van der Waals surface area contributed by atoms with Crippen molar-refractivity contribution in [2.45, 2.75) is 18.5 Å². The molecular weight excluding hydrogens is 520 g/mol. The monoisotopic (exact) mass is 550 g/mol. The standard InChI is InChI=1S/C26H30F4N6O3/c1-38-20-11-18-23(22(30)24(20)39-2)33-26(34-25(18)31)36-9-7-35(8-10-36)21(37)12-19(32-17(13-27)14-28)15-3-5-16(29)6-4-15/h3-6,11,17,19,32H,7-10,12-14H2,1-2H3,(H2,31,33,34)/t19-/m1/s1. The molecule has 0 spiro atoms. The Kier molecular flexibility index (Phi) is 8.90. The second-order valence-electron chi connectivity index (χ2n) is 9.08. The van der Waals surface area contributed by atoms with Crippen molar-refractivity contribution in [1.82, 2.24) is 20.2 Å². The number of nitrogens with two attached hydrogens (primary N) is 1. The van der Waals surface area contributed by atoms with Crippen molar-refractivity contribution in [1.29, 1.82) is 0 Å². The van der Waals surface area contributed by atoms with Crippen LogP contribution in [0.25, 0.3) is 10.9 Å². The van der Waals surface area contributed by atoms with E-state index in [1.165, 1.54) is 44.6 Å². The van der Waals surface area contributed by atoms with E-state index in [0.29, 0.717) is 31.7 Å². The molecule has 1 aliphatic rings. The lowest BCUT2D eigenvalue weighted by molar-refractivity contribution is -0.132. The highest BCUT2D eigenvalue weighted by Crippen LogP contribution is 2.37. The van der Waals surface area contributed by atoms with Crippen LogP contribution in [0.2, 0.25) is 0 Å². The van der Waals surface area contributed by atoms with Crippen LogP contribution in [0, 0.1) is 11.6 Å². The van der Waals surface area contributed by atoms with Crippen molar-refractivity contribution in [2.24, 2.45) is 0 Å². The van der Waals surface area contributed by atoms with E-state index in [1.54, 1.807) is 9.80 Å². The third-order valence-corrected chi connectivity index (χ3v) is 6.67. The molecule has 2 aromatic carbocycles. The molecule has 0 radical (unpaired) electrons. The fourth-order valence-corrected chi connectivity index (χ4v) is 4.52. The van der Waals surface area contributed by atoms with Gasteiger partial charge in [-0.1, -0.05) is 12.1 Å². The number of nitrogens with one attached hydrogen (secondary N) is 1. The zero-order valence-corrected chi connectivity index (χ0v) is 21.6. The van der Waals surface area contributed by atoms with E-state index in [1.807, 2.05) is 0 Å². The van der Waals surface area contributed by atoms with Crippen LogP contribution in [0.1, 0.15) is 18.0 Å². The van der Waals surface area contributed by atoms with Gasteiger partial charge in [-0.2, -0.15) is 4.98 Å². The maximum absolute atomic E-state index is 15.1. The van der Waals surface area contributed by atoms with E-state index >= 15 is 4.39 Å². The van der Waals surface area contributed by atoms with Crippen LogP contribution in [0.4, 0.5) is 29.3 Å². The molecule has 13 heteroatoms. The highest BCUT2D eigenvalue weighted by molar-refractivity contribution is 5.92. The molecule has 1 atom stereocenters. The molecular formula is C26H30F4N6O3. The summed E-state index contributed by atoms with van der Waals surface area (Å²) in [4.78, 5) is 25.2. The number of fused-ring (bicyclic) bond motifs is 1. The number of rotatable bonds is 10. The topological polar surface area (TPSA) is 106 Å². The van der Waals surface area contributed by atoms with Crippen molar-refractivity contribution in [2.75, 3.05) is 64.4 Å². The number of aromatic nitrogens is 2. The summed E-state index contributed by atoms with van der Waals surface area (Å²) in [5, 5.41) is 3.10. The summed E-state index contributed by atoms with van der Waals surface area (Å²) >= 11 is 0. The number of benzene rings is 2. The second kappa shape index (κ2) is 12.3. The Morgan fingerprint density at radius 3 is 2.31 bits per heavy atom. The molecule has 3 aromatic rings. The summed E-state index contributed by atoms with van der Waals surface area (Å²) in [6, 6.07) is 5.15. The van der Waals surface area contributed by atoms with Gasteiger partial charge in [0, 0.05) is 44.0 Å². The van der Waals surface area contributed by atoms with E-state index in [0.717, 1.165) is 0 Å². The van der Waals surface area contributed by atoms with Gasteiger partial charge in [0.05, 0.1) is 20.3 Å². The van der Waals surface area contributed by atoms with Gasteiger partial charge in [-0.25, -0.2) is 22.5 Å². The number of amides is 1.